The van der Waals surface area contributed by atoms with Crippen molar-refractivity contribution in [3.63, 3.8) is 0 Å². The van der Waals surface area contributed by atoms with Crippen LogP contribution in [0.2, 0.25) is 0 Å². The van der Waals surface area contributed by atoms with E-state index in [1.54, 1.807) is 0 Å². The molecule has 2 aliphatic carbocycles. The van der Waals surface area contributed by atoms with E-state index in [4.69, 9.17) is 0 Å². The monoisotopic (exact) mass is 334 g/mol. The van der Waals surface area contributed by atoms with Crippen LogP contribution in [0.25, 0.3) is 0 Å². The molecule has 2 heteroatoms. The van der Waals surface area contributed by atoms with Crippen LogP contribution in [0, 0.1) is 23.2 Å². The number of hydrogen-bond acceptors (Lipinski definition) is 2. The van der Waals surface area contributed by atoms with Crippen molar-refractivity contribution >= 4 is 0 Å². The summed E-state index contributed by atoms with van der Waals surface area (Å²) in [5.41, 5.74) is 1.14. The van der Waals surface area contributed by atoms with Gasteiger partial charge in [-0.3, -0.25) is 0 Å². The van der Waals surface area contributed by atoms with E-state index in [2.05, 4.69) is 27.7 Å². The molecule has 138 valence electrons. The lowest BCUT2D eigenvalue weighted by atomic mass is 9.69. The molecule has 4 atom stereocenters. The van der Waals surface area contributed by atoms with Crippen molar-refractivity contribution in [3.8, 4) is 0 Å². The van der Waals surface area contributed by atoms with E-state index in [1.165, 1.54) is 38.5 Å². The standard InChI is InChI=1S/C22H38O2/c1-5-6-7-8-12-22(3,4)18-14-19(23)21(20(24)15-18)17-11-9-10-16(2)13-17/h14-17,19,21,23-24H,5-13H2,1-4H3/t16?,17-,19?,21?/m0/s1. The third-order valence-corrected chi connectivity index (χ3v) is 6.28. The number of unbranched alkanes of at least 4 members (excludes halogenated alkanes) is 3. The highest BCUT2D eigenvalue weighted by Crippen LogP contribution is 2.43. The summed E-state index contributed by atoms with van der Waals surface area (Å²) in [6.45, 7) is 9.01. The summed E-state index contributed by atoms with van der Waals surface area (Å²) in [6.07, 6.45) is 14.4. The van der Waals surface area contributed by atoms with Crippen molar-refractivity contribution in [1.82, 2.24) is 0 Å². The molecule has 0 aromatic heterocycles. The smallest absolute Gasteiger partial charge is 0.0988 e. The fourth-order valence-electron chi connectivity index (χ4n) is 4.65. The van der Waals surface area contributed by atoms with Crippen molar-refractivity contribution in [2.45, 2.75) is 91.6 Å². The number of rotatable bonds is 7. The number of aliphatic hydroxyl groups excluding tert-OH is 2. The Morgan fingerprint density at radius 3 is 2.54 bits per heavy atom. The van der Waals surface area contributed by atoms with Gasteiger partial charge in [-0.2, -0.15) is 0 Å². The topological polar surface area (TPSA) is 40.5 Å². The average molecular weight is 335 g/mol. The summed E-state index contributed by atoms with van der Waals surface area (Å²) in [4.78, 5) is 0. The normalized spacial score (nSPS) is 31.5. The fourth-order valence-corrected chi connectivity index (χ4v) is 4.65. The Labute approximate surface area is 149 Å². The Kier molecular flexibility index (Phi) is 6.98. The molecule has 2 N–H and O–H groups in total. The van der Waals surface area contributed by atoms with E-state index >= 15 is 0 Å². The maximum Gasteiger partial charge on any atom is 0.0988 e. The third-order valence-electron chi connectivity index (χ3n) is 6.28. The molecule has 0 aromatic carbocycles. The van der Waals surface area contributed by atoms with Crippen LogP contribution < -0.4 is 0 Å². The second-order valence-electron chi connectivity index (χ2n) is 8.93. The van der Waals surface area contributed by atoms with Crippen molar-refractivity contribution in [2.75, 3.05) is 0 Å². The van der Waals surface area contributed by atoms with Gasteiger partial charge in [0.25, 0.3) is 0 Å². The molecule has 0 radical (unpaired) electrons. The van der Waals surface area contributed by atoms with E-state index in [9.17, 15) is 10.2 Å². The lowest BCUT2D eigenvalue weighted by Gasteiger charge is -2.38. The van der Waals surface area contributed by atoms with Crippen molar-refractivity contribution in [1.29, 1.82) is 0 Å². The second-order valence-corrected chi connectivity index (χ2v) is 8.93. The molecule has 2 nitrogen and oxygen atoms in total. The molecule has 0 spiro atoms. The van der Waals surface area contributed by atoms with Crippen LogP contribution in [-0.2, 0) is 0 Å². The van der Waals surface area contributed by atoms with Gasteiger partial charge in [0, 0.05) is 5.92 Å². The highest BCUT2D eigenvalue weighted by molar-refractivity contribution is 5.34. The lowest BCUT2D eigenvalue weighted by molar-refractivity contribution is 0.0716. The van der Waals surface area contributed by atoms with Gasteiger partial charge in [-0.1, -0.05) is 72.3 Å². The zero-order valence-corrected chi connectivity index (χ0v) is 16.2. The summed E-state index contributed by atoms with van der Waals surface area (Å²) < 4.78 is 0. The van der Waals surface area contributed by atoms with Crippen molar-refractivity contribution in [2.24, 2.45) is 23.2 Å². The number of aliphatic hydroxyl groups is 2. The molecule has 24 heavy (non-hydrogen) atoms. The summed E-state index contributed by atoms with van der Waals surface area (Å²) in [5, 5.41) is 21.4. The lowest BCUT2D eigenvalue weighted by Crippen LogP contribution is -2.35. The Hall–Kier alpha value is -0.760. The first-order valence-electron chi connectivity index (χ1n) is 10.2. The van der Waals surface area contributed by atoms with Crippen LogP contribution in [0.4, 0.5) is 0 Å². The molecule has 0 saturated heterocycles. The van der Waals surface area contributed by atoms with Crippen molar-refractivity contribution in [3.05, 3.63) is 23.5 Å². The molecule has 0 heterocycles. The van der Waals surface area contributed by atoms with E-state index in [0.717, 1.165) is 24.8 Å². The predicted molar refractivity (Wildman–Crippen MR) is 102 cm³/mol. The Bertz CT molecular complexity index is 461. The first-order chi connectivity index (χ1) is 11.3. The van der Waals surface area contributed by atoms with Crippen LogP contribution in [0.1, 0.15) is 85.5 Å². The fraction of sp³-hybridized carbons (Fsp3) is 0.818. The Morgan fingerprint density at radius 1 is 1.17 bits per heavy atom. The minimum absolute atomic E-state index is 0.0214. The SMILES string of the molecule is CCCCCCC(C)(C)C1=CC(O)C([C@H]2CCCC(C)C2)C(O)=C1. The number of hydrogen-bond donors (Lipinski definition) is 2. The van der Waals surface area contributed by atoms with Gasteiger partial charge in [-0.05, 0) is 48.2 Å². The molecular formula is C22H38O2. The Morgan fingerprint density at radius 2 is 1.92 bits per heavy atom. The second kappa shape index (κ2) is 8.56. The summed E-state index contributed by atoms with van der Waals surface area (Å²) >= 11 is 0. The minimum Gasteiger partial charge on any atom is -0.512 e. The van der Waals surface area contributed by atoms with Crippen LogP contribution in [0.5, 0.6) is 0 Å². The molecule has 0 aromatic rings. The maximum absolute atomic E-state index is 10.7. The highest BCUT2D eigenvalue weighted by Gasteiger charge is 2.37. The molecule has 2 rings (SSSR count). The predicted octanol–water partition coefficient (Wildman–Crippen LogP) is 6.17. The molecule has 0 amide bonds. The first-order valence-corrected chi connectivity index (χ1v) is 10.2. The average Bonchev–Trinajstić information content (AvgIpc) is 2.51. The van der Waals surface area contributed by atoms with E-state index in [0.29, 0.717) is 17.6 Å². The largest absolute Gasteiger partial charge is 0.512 e. The molecule has 1 saturated carbocycles. The highest BCUT2D eigenvalue weighted by atomic mass is 16.3. The molecule has 0 aliphatic heterocycles. The van der Waals surface area contributed by atoms with E-state index in [-0.39, 0.29) is 11.3 Å². The summed E-state index contributed by atoms with van der Waals surface area (Å²) in [7, 11) is 0. The van der Waals surface area contributed by atoms with Gasteiger partial charge in [0.05, 0.1) is 11.9 Å². The Balaban J connectivity index is 2.03. The summed E-state index contributed by atoms with van der Waals surface area (Å²) in [5.74, 6) is 1.46. The van der Waals surface area contributed by atoms with Gasteiger partial charge in [-0.15, -0.1) is 0 Å². The summed E-state index contributed by atoms with van der Waals surface area (Å²) in [6, 6.07) is 0. The molecule has 1 fully saturated rings. The zero-order chi connectivity index (χ0) is 17.7. The van der Waals surface area contributed by atoms with E-state index < -0.39 is 6.10 Å². The third kappa shape index (κ3) is 4.88. The van der Waals surface area contributed by atoms with Crippen LogP contribution in [-0.4, -0.2) is 16.3 Å². The van der Waals surface area contributed by atoms with Gasteiger partial charge >= 0.3 is 0 Å². The molecular weight excluding hydrogens is 296 g/mol. The van der Waals surface area contributed by atoms with Crippen molar-refractivity contribution < 1.29 is 10.2 Å². The van der Waals surface area contributed by atoms with Gasteiger partial charge in [0.1, 0.15) is 0 Å². The number of allylic oxidation sites excluding steroid dienone is 2. The van der Waals surface area contributed by atoms with Gasteiger partial charge < -0.3 is 10.2 Å². The maximum atomic E-state index is 10.7. The van der Waals surface area contributed by atoms with Crippen LogP contribution in [0.3, 0.4) is 0 Å². The minimum atomic E-state index is -0.532. The first kappa shape index (κ1) is 19.6. The van der Waals surface area contributed by atoms with Gasteiger partial charge in [0.15, 0.2) is 0 Å². The molecule has 0 bridgehead atoms. The molecule has 2 aliphatic rings. The van der Waals surface area contributed by atoms with Crippen LogP contribution >= 0.6 is 0 Å². The molecule has 3 unspecified atom stereocenters. The van der Waals surface area contributed by atoms with E-state index in [1.807, 2.05) is 12.2 Å². The van der Waals surface area contributed by atoms with Crippen LogP contribution in [0.15, 0.2) is 23.5 Å². The van der Waals surface area contributed by atoms with Gasteiger partial charge in [0.2, 0.25) is 0 Å². The quantitative estimate of drug-likeness (QED) is 0.547. The van der Waals surface area contributed by atoms with Gasteiger partial charge in [-0.25, -0.2) is 0 Å². The zero-order valence-electron chi connectivity index (χ0n) is 16.2.